The maximum atomic E-state index is 12.5. The smallest absolute Gasteiger partial charge is 0.240 e. The molecule has 0 bridgehead atoms. The van der Waals surface area contributed by atoms with Crippen LogP contribution in [0.15, 0.2) is 24.3 Å². The van der Waals surface area contributed by atoms with Crippen molar-refractivity contribution in [3.63, 3.8) is 0 Å². The monoisotopic (exact) mass is 297 g/mol. The number of nitrogens with one attached hydrogen (secondary N) is 1. The van der Waals surface area contributed by atoms with Crippen LogP contribution in [0.1, 0.15) is 38.7 Å². The van der Waals surface area contributed by atoms with Gasteiger partial charge in [0, 0.05) is 11.7 Å². The van der Waals surface area contributed by atoms with E-state index >= 15 is 0 Å². The lowest BCUT2D eigenvalue weighted by Crippen LogP contribution is -2.52. The van der Waals surface area contributed by atoms with Gasteiger partial charge in [-0.1, -0.05) is 18.2 Å². The molecule has 1 fully saturated rings. The summed E-state index contributed by atoms with van der Waals surface area (Å²) >= 11 is 0. The van der Waals surface area contributed by atoms with Gasteiger partial charge in [0.15, 0.2) is 0 Å². The number of hydrogen-bond acceptors (Lipinski definition) is 3. The average Bonchev–Trinajstić information content (AvgIpc) is 3.35. The van der Waals surface area contributed by atoms with E-state index < -0.39 is 5.54 Å². The first kappa shape index (κ1) is 14.9. The Morgan fingerprint density at radius 2 is 2.14 bits per heavy atom. The highest BCUT2D eigenvalue weighted by Crippen LogP contribution is 2.39. The molecule has 2 aliphatic rings. The molecule has 0 aromatic heterocycles. The van der Waals surface area contributed by atoms with Crippen LogP contribution in [-0.2, 0) is 11.2 Å². The van der Waals surface area contributed by atoms with Gasteiger partial charge in [0.1, 0.15) is 5.54 Å². The lowest BCUT2D eigenvalue weighted by atomic mass is 9.96. The van der Waals surface area contributed by atoms with Gasteiger partial charge in [-0.05, 0) is 57.1 Å². The lowest BCUT2D eigenvalue weighted by molar-refractivity contribution is -0.121. The van der Waals surface area contributed by atoms with Crippen molar-refractivity contribution in [2.45, 2.75) is 51.1 Å². The highest BCUT2D eigenvalue weighted by Gasteiger charge is 2.43. The minimum Gasteiger partial charge on any atom is -0.359 e. The molecule has 1 aromatic rings. The number of para-hydroxylation sites is 1. The maximum absolute atomic E-state index is 12.5. The van der Waals surface area contributed by atoms with Crippen molar-refractivity contribution >= 4 is 11.6 Å². The Bertz CT molecular complexity index is 617. The molecule has 1 aromatic carbocycles. The second-order valence-electron chi connectivity index (χ2n) is 6.78. The number of fused-ring (bicyclic) bond motifs is 1. The molecule has 1 saturated carbocycles. The fraction of sp³-hybridized carbons (Fsp3) is 0.556. The van der Waals surface area contributed by atoms with Crippen LogP contribution in [0.2, 0.25) is 0 Å². The van der Waals surface area contributed by atoms with Gasteiger partial charge in [-0.15, -0.1) is 0 Å². The molecule has 0 unspecified atom stereocenters. The van der Waals surface area contributed by atoms with Crippen LogP contribution >= 0.6 is 0 Å². The van der Waals surface area contributed by atoms with Crippen molar-refractivity contribution in [2.24, 2.45) is 5.92 Å². The summed E-state index contributed by atoms with van der Waals surface area (Å²) in [7, 11) is 0. The Labute approximate surface area is 132 Å². The topological polar surface area (TPSA) is 56.1 Å². The molecule has 1 aliphatic heterocycles. The van der Waals surface area contributed by atoms with E-state index in [0.717, 1.165) is 31.4 Å². The molecule has 22 heavy (non-hydrogen) atoms. The molecule has 0 spiro atoms. The van der Waals surface area contributed by atoms with Crippen molar-refractivity contribution in [3.8, 4) is 6.07 Å². The molecule has 1 amide bonds. The molecule has 1 N–H and O–H groups in total. The fourth-order valence-corrected chi connectivity index (χ4v) is 3.37. The number of carbonyl (C=O) groups is 1. The highest BCUT2D eigenvalue weighted by molar-refractivity contribution is 5.83. The van der Waals surface area contributed by atoms with E-state index in [-0.39, 0.29) is 5.91 Å². The van der Waals surface area contributed by atoms with Crippen molar-refractivity contribution < 1.29 is 4.79 Å². The van der Waals surface area contributed by atoms with Gasteiger partial charge in [-0.2, -0.15) is 5.26 Å². The van der Waals surface area contributed by atoms with E-state index in [1.807, 2.05) is 19.1 Å². The van der Waals surface area contributed by atoms with Crippen molar-refractivity contribution in [3.05, 3.63) is 29.8 Å². The van der Waals surface area contributed by atoms with Crippen molar-refractivity contribution in [2.75, 3.05) is 11.4 Å². The van der Waals surface area contributed by atoms with Crippen LogP contribution in [0.25, 0.3) is 0 Å². The van der Waals surface area contributed by atoms with Crippen LogP contribution in [0.4, 0.5) is 5.69 Å². The van der Waals surface area contributed by atoms with E-state index in [9.17, 15) is 10.1 Å². The zero-order chi connectivity index (χ0) is 15.7. The normalized spacial score (nSPS) is 23.1. The summed E-state index contributed by atoms with van der Waals surface area (Å²) in [6.45, 7) is 4.33. The van der Waals surface area contributed by atoms with Crippen molar-refractivity contribution in [1.29, 1.82) is 5.26 Å². The molecular weight excluding hydrogens is 274 g/mol. The Hall–Kier alpha value is -2.02. The number of aryl methyl sites for hydroxylation is 1. The third kappa shape index (κ3) is 2.81. The number of hydrogen-bond donors (Lipinski definition) is 1. The lowest BCUT2D eigenvalue weighted by Gasteiger charge is -2.37. The van der Waals surface area contributed by atoms with Crippen LogP contribution in [-0.4, -0.2) is 24.0 Å². The third-order valence-electron chi connectivity index (χ3n) is 5.00. The second kappa shape index (κ2) is 5.64. The summed E-state index contributed by atoms with van der Waals surface area (Å²) in [6, 6.07) is 10.9. The van der Waals surface area contributed by atoms with Crippen molar-refractivity contribution in [1.82, 2.24) is 5.32 Å². The first-order valence-electron chi connectivity index (χ1n) is 8.10. The molecule has 2 atom stereocenters. The molecule has 4 heteroatoms. The maximum Gasteiger partial charge on any atom is 0.240 e. The van der Waals surface area contributed by atoms with E-state index in [1.165, 1.54) is 5.56 Å². The van der Waals surface area contributed by atoms with Gasteiger partial charge in [-0.25, -0.2) is 0 Å². The molecular formula is C18H23N3O. The summed E-state index contributed by atoms with van der Waals surface area (Å²) in [5, 5.41) is 12.3. The minimum atomic E-state index is -0.713. The number of benzene rings is 1. The molecule has 0 radical (unpaired) electrons. The summed E-state index contributed by atoms with van der Waals surface area (Å²) in [6.07, 6.45) is 4.19. The standard InChI is InChI=1S/C18H23N3O/c1-13-7-8-14-5-3-4-6-16(14)21(13)11-17(22)20-18(2,12-19)15-9-10-15/h3-6,13,15H,7-11H2,1-2H3,(H,20,22)/t13-,18-/m1/s1. The van der Waals surface area contributed by atoms with Gasteiger partial charge in [-0.3, -0.25) is 4.79 Å². The van der Waals surface area contributed by atoms with Crippen LogP contribution in [0, 0.1) is 17.2 Å². The predicted octanol–water partition coefficient (Wildman–Crippen LogP) is 2.64. The SMILES string of the molecule is C[C@@H]1CCc2ccccc2N1CC(=O)N[C@](C)(C#N)C1CC1. The average molecular weight is 297 g/mol. The zero-order valence-corrected chi connectivity index (χ0v) is 13.3. The van der Waals surface area contributed by atoms with Gasteiger partial charge >= 0.3 is 0 Å². The van der Waals surface area contributed by atoms with E-state index in [1.54, 1.807) is 0 Å². The minimum absolute atomic E-state index is 0.0560. The molecule has 116 valence electrons. The third-order valence-corrected chi connectivity index (χ3v) is 5.00. The van der Waals surface area contributed by atoms with E-state index in [4.69, 9.17) is 0 Å². The van der Waals surface area contributed by atoms with E-state index in [0.29, 0.717) is 18.5 Å². The van der Waals surface area contributed by atoms with Crippen LogP contribution in [0.5, 0.6) is 0 Å². The van der Waals surface area contributed by atoms with Gasteiger partial charge in [0.2, 0.25) is 5.91 Å². The molecule has 3 rings (SSSR count). The van der Waals surface area contributed by atoms with Gasteiger partial charge in [0.05, 0.1) is 12.6 Å². The highest BCUT2D eigenvalue weighted by atomic mass is 16.2. The first-order valence-corrected chi connectivity index (χ1v) is 8.10. The number of amides is 1. The largest absolute Gasteiger partial charge is 0.359 e. The van der Waals surface area contributed by atoms with Crippen LogP contribution in [0.3, 0.4) is 0 Å². The molecule has 1 aliphatic carbocycles. The molecule has 1 heterocycles. The molecule has 0 saturated heterocycles. The van der Waals surface area contributed by atoms with E-state index in [2.05, 4.69) is 35.3 Å². The summed E-state index contributed by atoms with van der Waals surface area (Å²) < 4.78 is 0. The Morgan fingerprint density at radius 1 is 1.41 bits per heavy atom. The second-order valence-corrected chi connectivity index (χ2v) is 6.78. The van der Waals surface area contributed by atoms with Gasteiger partial charge in [0.25, 0.3) is 0 Å². The predicted molar refractivity (Wildman–Crippen MR) is 86.5 cm³/mol. The summed E-state index contributed by atoms with van der Waals surface area (Å²) in [5.74, 6) is 0.256. The Morgan fingerprint density at radius 3 is 2.82 bits per heavy atom. The Kier molecular flexibility index (Phi) is 3.82. The fourth-order valence-electron chi connectivity index (χ4n) is 3.37. The zero-order valence-electron chi connectivity index (χ0n) is 13.3. The summed E-state index contributed by atoms with van der Waals surface area (Å²) in [4.78, 5) is 14.6. The quantitative estimate of drug-likeness (QED) is 0.929. The van der Waals surface area contributed by atoms with Gasteiger partial charge < -0.3 is 10.2 Å². The number of anilines is 1. The number of nitrogens with zero attached hydrogens (tertiary/aromatic N) is 2. The van der Waals surface area contributed by atoms with Crippen LogP contribution < -0.4 is 10.2 Å². The molecule has 4 nitrogen and oxygen atoms in total. The summed E-state index contributed by atoms with van der Waals surface area (Å²) in [5.41, 5.74) is 1.75. The number of rotatable bonds is 4. The number of carbonyl (C=O) groups excluding carboxylic acids is 1. The first-order chi connectivity index (χ1) is 10.5. The Balaban J connectivity index is 1.72. The number of nitriles is 1.